The Labute approximate surface area is 119 Å². The Balaban J connectivity index is 0.000000239. The Morgan fingerprint density at radius 3 is 1.95 bits per heavy atom. The largest absolute Gasteiger partial charge is 0.456 e. The van der Waals surface area contributed by atoms with E-state index >= 15 is 0 Å². The monoisotopic (exact) mass is 329 g/mol. The second kappa shape index (κ2) is 5.73. The molecule has 0 saturated carbocycles. The molecular formula is C11H9F6N3O2. The van der Waals surface area contributed by atoms with Crippen molar-refractivity contribution in [1.29, 1.82) is 0 Å². The van der Waals surface area contributed by atoms with Gasteiger partial charge in [0, 0.05) is 0 Å². The zero-order valence-electron chi connectivity index (χ0n) is 10.6. The van der Waals surface area contributed by atoms with E-state index in [0.717, 1.165) is 0 Å². The molecule has 0 aromatic heterocycles. The number of carbonyl (C=O) groups is 2. The van der Waals surface area contributed by atoms with Crippen LogP contribution in [0.5, 0.6) is 0 Å². The van der Waals surface area contributed by atoms with E-state index in [2.05, 4.69) is 5.32 Å². The lowest BCUT2D eigenvalue weighted by Gasteiger charge is -2.14. The van der Waals surface area contributed by atoms with Gasteiger partial charge in [-0.05, 0) is 12.1 Å². The molecule has 5 nitrogen and oxygen atoms in total. The third kappa shape index (κ3) is 3.23. The van der Waals surface area contributed by atoms with Crippen molar-refractivity contribution < 1.29 is 35.9 Å². The zero-order valence-corrected chi connectivity index (χ0v) is 10.6. The highest BCUT2D eigenvalue weighted by Crippen LogP contribution is 2.35. The van der Waals surface area contributed by atoms with Crippen molar-refractivity contribution in [2.75, 3.05) is 18.1 Å². The number of hydrogen-bond acceptors (Lipinski definition) is 4. The van der Waals surface area contributed by atoms with E-state index in [4.69, 9.17) is 11.5 Å². The zero-order chi connectivity index (χ0) is 17.3. The summed E-state index contributed by atoms with van der Waals surface area (Å²) >= 11 is 0. The van der Waals surface area contributed by atoms with Gasteiger partial charge in [0.05, 0.1) is 22.5 Å². The maximum Gasteiger partial charge on any atom is 0.456 e. The number of anilines is 2. The molecule has 5 N–H and O–H groups in total. The van der Waals surface area contributed by atoms with Crippen LogP contribution in [0.4, 0.5) is 37.7 Å². The lowest BCUT2D eigenvalue weighted by Crippen LogP contribution is -2.38. The Morgan fingerprint density at radius 2 is 1.55 bits per heavy atom. The number of carbonyl (C=O) groups excluding carboxylic acids is 2. The predicted molar refractivity (Wildman–Crippen MR) is 64.0 cm³/mol. The van der Waals surface area contributed by atoms with E-state index in [9.17, 15) is 35.9 Å². The first-order valence-electron chi connectivity index (χ1n) is 5.46. The van der Waals surface area contributed by atoms with Crippen molar-refractivity contribution in [2.45, 2.75) is 12.1 Å². The molecule has 0 saturated heterocycles. The van der Waals surface area contributed by atoms with E-state index in [1.807, 2.05) is 0 Å². The Morgan fingerprint density at radius 1 is 1.00 bits per heavy atom. The average molecular weight is 329 g/mol. The molecule has 1 aliphatic rings. The van der Waals surface area contributed by atoms with Crippen molar-refractivity contribution in [3.63, 3.8) is 0 Å². The molecule has 0 spiro atoms. The molecule has 0 atom stereocenters. The predicted octanol–water partition coefficient (Wildman–Crippen LogP) is 1.89. The number of halogens is 6. The third-order valence-corrected chi connectivity index (χ3v) is 2.56. The first kappa shape index (κ1) is 17.6. The van der Waals surface area contributed by atoms with Crippen molar-refractivity contribution in [3.05, 3.63) is 23.3 Å². The maximum absolute atomic E-state index is 11.2. The standard InChI is InChI=1S/C8H7N3O2.C3H2F6/c9-4-2-1-3-5(6(4)10)8(13)11-7(3)12;4-1-2(5,6)3(7,8)9/h1-2H,9-10H2,(H,11,12,13);1H2. The summed E-state index contributed by atoms with van der Waals surface area (Å²) in [7, 11) is 0. The van der Waals surface area contributed by atoms with Crippen LogP contribution in [0.3, 0.4) is 0 Å². The summed E-state index contributed by atoms with van der Waals surface area (Å²) in [4.78, 5) is 22.3. The van der Waals surface area contributed by atoms with Gasteiger partial charge >= 0.3 is 12.1 Å². The number of nitrogens with two attached hydrogens (primary N) is 2. The molecule has 0 fully saturated rings. The second-order valence-electron chi connectivity index (χ2n) is 4.11. The van der Waals surface area contributed by atoms with Crippen LogP contribution < -0.4 is 16.8 Å². The lowest BCUT2D eigenvalue weighted by atomic mass is 10.1. The number of amides is 2. The smallest absolute Gasteiger partial charge is 0.397 e. The molecule has 11 heteroatoms. The number of hydrogen-bond donors (Lipinski definition) is 3. The fourth-order valence-electron chi connectivity index (χ4n) is 1.38. The van der Waals surface area contributed by atoms with Crippen LogP contribution in [-0.4, -0.2) is 30.6 Å². The molecule has 1 aliphatic heterocycles. The minimum Gasteiger partial charge on any atom is -0.397 e. The first-order valence-corrected chi connectivity index (χ1v) is 5.46. The molecule has 0 aliphatic carbocycles. The number of imide groups is 1. The normalized spacial score (nSPS) is 14.1. The topological polar surface area (TPSA) is 98.2 Å². The van der Waals surface area contributed by atoms with E-state index in [1.54, 1.807) is 0 Å². The molecule has 2 amide bonds. The average Bonchev–Trinajstić information content (AvgIpc) is 2.69. The quantitative estimate of drug-likeness (QED) is 0.416. The molecular weight excluding hydrogens is 320 g/mol. The van der Waals surface area contributed by atoms with Gasteiger partial charge in [0.15, 0.2) is 6.67 Å². The summed E-state index contributed by atoms with van der Waals surface area (Å²) in [5.41, 5.74) is 12.0. The fraction of sp³-hybridized carbons (Fsp3) is 0.273. The van der Waals surface area contributed by atoms with Crippen molar-refractivity contribution in [2.24, 2.45) is 0 Å². The van der Waals surface area contributed by atoms with Gasteiger partial charge in [-0.25, -0.2) is 4.39 Å². The van der Waals surface area contributed by atoms with Crippen LogP contribution in [0.25, 0.3) is 0 Å². The summed E-state index contributed by atoms with van der Waals surface area (Å²) in [5, 5.41) is 2.14. The maximum atomic E-state index is 11.2. The SMILES string of the molecule is FCC(F)(F)C(F)(F)F.Nc1ccc2c(c1N)C(=O)NC2=O. The van der Waals surface area contributed by atoms with Gasteiger partial charge < -0.3 is 11.5 Å². The van der Waals surface area contributed by atoms with Crippen LogP contribution in [0, 0.1) is 0 Å². The number of alkyl halides is 6. The van der Waals surface area contributed by atoms with Crippen LogP contribution >= 0.6 is 0 Å². The fourth-order valence-corrected chi connectivity index (χ4v) is 1.38. The van der Waals surface area contributed by atoms with Gasteiger partial charge in [0.2, 0.25) is 0 Å². The highest BCUT2D eigenvalue weighted by atomic mass is 19.4. The molecule has 0 bridgehead atoms. The Hall–Kier alpha value is -2.46. The molecule has 22 heavy (non-hydrogen) atoms. The van der Waals surface area contributed by atoms with Crippen molar-refractivity contribution in [3.8, 4) is 0 Å². The Kier molecular flexibility index (Phi) is 4.58. The van der Waals surface area contributed by atoms with Crippen molar-refractivity contribution >= 4 is 23.2 Å². The summed E-state index contributed by atoms with van der Waals surface area (Å²) in [5.74, 6) is -6.09. The Bertz CT molecular complexity index is 615. The minimum absolute atomic E-state index is 0.167. The van der Waals surface area contributed by atoms with Crippen LogP contribution in [0.15, 0.2) is 12.1 Å². The van der Waals surface area contributed by atoms with Gasteiger partial charge in [0.1, 0.15) is 0 Å². The van der Waals surface area contributed by atoms with Gasteiger partial charge in [0.25, 0.3) is 11.8 Å². The highest BCUT2D eigenvalue weighted by Gasteiger charge is 2.57. The number of rotatable bonds is 1. The second-order valence-corrected chi connectivity index (χ2v) is 4.11. The van der Waals surface area contributed by atoms with Gasteiger partial charge in [-0.2, -0.15) is 22.0 Å². The van der Waals surface area contributed by atoms with E-state index in [-0.39, 0.29) is 16.8 Å². The first-order chi connectivity index (χ1) is 9.92. The highest BCUT2D eigenvalue weighted by molar-refractivity contribution is 6.24. The van der Waals surface area contributed by atoms with E-state index < -0.39 is 30.6 Å². The molecule has 0 unspecified atom stereocenters. The summed E-state index contributed by atoms with van der Waals surface area (Å²) < 4.78 is 65.6. The van der Waals surface area contributed by atoms with E-state index in [0.29, 0.717) is 5.69 Å². The summed E-state index contributed by atoms with van der Waals surface area (Å²) in [6.45, 7) is -2.70. The van der Waals surface area contributed by atoms with E-state index in [1.165, 1.54) is 12.1 Å². The van der Waals surface area contributed by atoms with Crippen LogP contribution in [-0.2, 0) is 0 Å². The minimum atomic E-state index is -5.76. The van der Waals surface area contributed by atoms with Crippen molar-refractivity contribution in [1.82, 2.24) is 5.32 Å². The molecule has 122 valence electrons. The van der Waals surface area contributed by atoms with Crippen LogP contribution in [0.1, 0.15) is 20.7 Å². The third-order valence-electron chi connectivity index (χ3n) is 2.56. The molecule has 1 aromatic carbocycles. The van der Waals surface area contributed by atoms with Gasteiger partial charge in [-0.3, -0.25) is 14.9 Å². The van der Waals surface area contributed by atoms with Crippen LogP contribution in [0.2, 0.25) is 0 Å². The number of benzene rings is 1. The number of nitrogen functional groups attached to an aromatic ring is 2. The number of fused-ring (bicyclic) bond motifs is 1. The molecule has 1 heterocycles. The summed E-state index contributed by atoms with van der Waals surface area (Å²) in [6.07, 6.45) is -5.76. The molecule has 1 aromatic rings. The molecule has 0 radical (unpaired) electrons. The lowest BCUT2D eigenvalue weighted by molar-refractivity contribution is -0.286. The van der Waals surface area contributed by atoms with Gasteiger partial charge in [-0.1, -0.05) is 0 Å². The summed E-state index contributed by atoms with van der Waals surface area (Å²) in [6, 6.07) is 2.99. The molecule has 2 rings (SSSR count). The van der Waals surface area contributed by atoms with Gasteiger partial charge in [-0.15, -0.1) is 0 Å². The number of nitrogens with one attached hydrogen (secondary N) is 1.